The van der Waals surface area contributed by atoms with Gasteiger partial charge >= 0.3 is 0 Å². The summed E-state index contributed by atoms with van der Waals surface area (Å²) in [6.45, 7) is 0. The molecule has 254 valence electrons. The van der Waals surface area contributed by atoms with Gasteiger partial charge in [0.1, 0.15) is 0 Å². The molecular weight excluding hydrogens is 657 g/mol. The van der Waals surface area contributed by atoms with E-state index < -0.39 is 0 Å². The summed E-state index contributed by atoms with van der Waals surface area (Å²) in [6.07, 6.45) is 8.74. The highest BCUT2D eigenvalue weighted by atomic mass is 15.1. The Kier molecular flexibility index (Phi) is 6.14. The van der Waals surface area contributed by atoms with Gasteiger partial charge in [-0.1, -0.05) is 140 Å². The zero-order chi connectivity index (χ0) is 35.3. The van der Waals surface area contributed by atoms with Crippen LogP contribution in [0.3, 0.4) is 0 Å². The molecule has 3 aliphatic rings. The molecule has 1 aliphatic carbocycles. The van der Waals surface area contributed by atoms with E-state index in [9.17, 15) is 0 Å². The van der Waals surface area contributed by atoms with Gasteiger partial charge < -0.3 is 19.8 Å². The molecule has 0 radical (unpaired) electrons. The number of fused-ring (bicyclic) bond motifs is 12. The summed E-state index contributed by atoms with van der Waals surface area (Å²) in [4.78, 5) is 0. The van der Waals surface area contributed by atoms with Gasteiger partial charge in [0.05, 0.1) is 51.2 Å². The maximum atomic E-state index is 3.88. The van der Waals surface area contributed by atoms with Crippen molar-refractivity contribution in [1.82, 2.24) is 19.8 Å². The van der Waals surface area contributed by atoms with Crippen LogP contribution in [0.25, 0.3) is 88.6 Å². The number of benzene rings is 7. The van der Waals surface area contributed by atoms with Gasteiger partial charge in [-0.2, -0.15) is 0 Å². The molecule has 4 nitrogen and oxygen atoms in total. The second-order valence-electron chi connectivity index (χ2n) is 14.6. The fourth-order valence-corrected chi connectivity index (χ4v) is 9.32. The summed E-state index contributed by atoms with van der Waals surface area (Å²) < 4.78 is 4.93. The predicted molar refractivity (Wildman–Crippen MR) is 225 cm³/mol. The number of allylic oxidation sites excluding steroid dienone is 2. The fraction of sp³-hybridized carbons (Fsp3) is 0.0400. The molecule has 0 bridgehead atoms. The highest BCUT2D eigenvalue weighted by molar-refractivity contribution is 6.19. The number of para-hydroxylation sites is 4. The summed E-state index contributed by atoms with van der Waals surface area (Å²) >= 11 is 0. The topological polar surface area (TPSA) is 33.9 Å². The molecule has 0 fully saturated rings. The quantitative estimate of drug-likeness (QED) is 0.193. The average Bonchev–Trinajstić information content (AvgIpc) is 3.71. The van der Waals surface area contributed by atoms with Gasteiger partial charge in [-0.25, -0.2) is 0 Å². The van der Waals surface area contributed by atoms with Crippen molar-refractivity contribution in [3.63, 3.8) is 0 Å². The van der Waals surface area contributed by atoms with E-state index in [-0.39, 0.29) is 12.1 Å². The molecule has 2 N–H and O–H groups in total. The van der Waals surface area contributed by atoms with E-state index in [2.05, 4.69) is 202 Å². The van der Waals surface area contributed by atoms with Gasteiger partial charge in [0.2, 0.25) is 0 Å². The summed E-state index contributed by atoms with van der Waals surface area (Å²) in [5.74, 6) is 0. The normalized spacial score (nSPS) is 17.0. The number of nitrogens with one attached hydrogen (secondary N) is 2. The van der Waals surface area contributed by atoms with Crippen LogP contribution in [-0.2, 0) is 0 Å². The number of aromatic nitrogens is 2. The first kappa shape index (κ1) is 29.5. The summed E-state index contributed by atoms with van der Waals surface area (Å²) in [6, 6.07) is 58.4. The van der Waals surface area contributed by atoms with Crippen LogP contribution in [0.15, 0.2) is 182 Å². The Morgan fingerprint density at radius 2 is 0.963 bits per heavy atom. The van der Waals surface area contributed by atoms with Gasteiger partial charge in [0, 0.05) is 38.4 Å². The highest BCUT2D eigenvalue weighted by Gasteiger charge is 2.29. The molecule has 9 aromatic rings. The van der Waals surface area contributed by atoms with E-state index in [0.29, 0.717) is 0 Å². The average molecular weight is 691 g/mol. The highest BCUT2D eigenvalue weighted by Crippen LogP contribution is 2.49. The Labute approximate surface area is 312 Å². The first-order valence-electron chi connectivity index (χ1n) is 18.8. The molecule has 12 rings (SSSR count). The van der Waals surface area contributed by atoms with E-state index in [1.54, 1.807) is 0 Å². The van der Waals surface area contributed by atoms with Crippen LogP contribution in [0.4, 0.5) is 0 Å². The predicted octanol–water partition coefficient (Wildman–Crippen LogP) is 11.4. The second kappa shape index (κ2) is 11.2. The largest absolute Gasteiger partial charge is 0.374 e. The van der Waals surface area contributed by atoms with Crippen molar-refractivity contribution in [1.29, 1.82) is 0 Å². The molecule has 0 saturated heterocycles. The third kappa shape index (κ3) is 4.13. The van der Waals surface area contributed by atoms with Crippen molar-refractivity contribution in [3.05, 3.63) is 193 Å². The lowest BCUT2D eigenvalue weighted by Gasteiger charge is -2.36. The fourth-order valence-electron chi connectivity index (χ4n) is 9.32. The van der Waals surface area contributed by atoms with Crippen LogP contribution in [0.5, 0.6) is 0 Å². The van der Waals surface area contributed by atoms with Gasteiger partial charge in [-0.05, 0) is 64.7 Å². The third-order valence-electron chi connectivity index (χ3n) is 11.7. The van der Waals surface area contributed by atoms with E-state index in [4.69, 9.17) is 0 Å². The van der Waals surface area contributed by atoms with Gasteiger partial charge in [0.25, 0.3) is 0 Å². The Morgan fingerprint density at radius 3 is 1.72 bits per heavy atom. The number of rotatable bonds is 3. The maximum Gasteiger partial charge on any atom is 0.0686 e. The van der Waals surface area contributed by atoms with Crippen LogP contribution in [0.1, 0.15) is 11.1 Å². The summed E-state index contributed by atoms with van der Waals surface area (Å²) in [5.41, 5.74) is 16.8. The van der Waals surface area contributed by atoms with Crippen molar-refractivity contribution in [2.24, 2.45) is 0 Å². The summed E-state index contributed by atoms with van der Waals surface area (Å²) in [7, 11) is 0. The van der Waals surface area contributed by atoms with Gasteiger partial charge in [-0.15, -0.1) is 0 Å². The molecule has 0 saturated carbocycles. The van der Waals surface area contributed by atoms with Crippen LogP contribution >= 0.6 is 0 Å². The Hall–Kier alpha value is -7.04. The maximum absolute atomic E-state index is 3.88. The molecule has 4 heterocycles. The van der Waals surface area contributed by atoms with Crippen LogP contribution in [0, 0.1) is 0 Å². The summed E-state index contributed by atoms with van der Waals surface area (Å²) in [5, 5.41) is 12.8. The standard InChI is InChI=1S/C50H34N4/c1-2-13-31(14-3-1)48-49(52-43-21-8-7-20-42(43)51-48)32-25-27-33(28-26-32)53-44-22-9-6-17-36(44)41-29-39-38-19-12-18-37-34-15-4-10-23-45(34)54(50(37)38)46-24-11-5-16-35(46)40(39)30-47(41)53/h1-30,42-43,51-52H. The van der Waals surface area contributed by atoms with Crippen molar-refractivity contribution < 1.29 is 0 Å². The van der Waals surface area contributed by atoms with Crippen LogP contribution in [-0.4, -0.2) is 21.2 Å². The van der Waals surface area contributed by atoms with Crippen LogP contribution < -0.4 is 10.6 Å². The Bertz CT molecular complexity index is 3100. The Balaban J connectivity index is 1.08. The minimum atomic E-state index is 0.179. The van der Waals surface area contributed by atoms with Crippen molar-refractivity contribution in [3.8, 4) is 33.6 Å². The van der Waals surface area contributed by atoms with Gasteiger partial charge in [0.15, 0.2) is 0 Å². The third-order valence-corrected chi connectivity index (χ3v) is 11.7. The van der Waals surface area contributed by atoms with E-state index in [0.717, 1.165) is 22.6 Å². The smallest absolute Gasteiger partial charge is 0.0686 e. The van der Waals surface area contributed by atoms with E-state index in [1.165, 1.54) is 77.1 Å². The molecule has 7 aromatic carbocycles. The minimum Gasteiger partial charge on any atom is -0.374 e. The zero-order valence-corrected chi connectivity index (χ0v) is 29.4. The van der Waals surface area contributed by atoms with Crippen LogP contribution in [0.2, 0.25) is 0 Å². The molecule has 4 heteroatoms. The molecule has 0 amide bonds. The molecule has 2 atom stereocenters. The molecule has 54 heavy (non-hydrogen) atoms. The minimum absolute atomic E-state index is 0.179. The second-order valence-corrected chi connectivity index (χ2v) is 14.6. The Morgan fingerprint density at radius 1 is 0.389 bits per heavy atom. The van der Waals surface area contributed by atoms with Crippen molar-refractivity contribution in [2.45, 2.75) is 12.1 Å². The molecule has 0 spiro atoms. The first-order chi connectivity index (χ1) is 26.8. The molecule has 2 aliphatic heterocycles. The lowest BCUT2D eigenvalue weighted by atomic mass is 9.92. The number of hydrogen-bond donors (Lipinski definition) is 2. The van der Waals surface area contributed by atoms with Crippen molar-refractivity contribution in [2.75, 3.05) is 0 Å². The monoisotopic (exact) mass is 690 g/mol. The van der Waals surface area contributed by atoms with Crippen molar-refractivity contribution >= 4 is 55.0 Å². The molecule has 2 unspecified atom stereocenters. The molecular formula is C50H34N4. The lowest BCUT2D eigenvalue weighted by molar-refractivity contribution is 0.555. The number of hydrogen-bond acceptors (Lipinski definition) is 2. The molecule has 2 aromatic heterocycles. The van der Waals surface area contributed by atoms with Gasteiger partial charge in [-0.3, -0.25) is 0 Å². The zero-order valence-electron chi connectivity index (χ0n) is 29.4. The SMILES string of the molecule is C1=CC2NC(c3ccccc3)=C(c3ccc(-n4c5ccccc5c5cc6c(cc54)-c4ccccc4-n4c5ccccc5c5cccc-6c54)cc3)NC2C=C1. The van der Waals surface area contributed by atoms with E-state index >= 15 is 0 Å². The number of nitrogens with zero attached hydrogens (tertiary/aromatic N) is 2. The lowest BCUT2D eigenvalue weighted by Crippen LogP contribution is -2.50. The van der Waals surface area contributed by atoms with E-state index in [1.807, 2.05) is 0 Å². The first-order valence-corrected chi connectivity index (χ1v) is 18.8.